The maximum Gasteiger partial charge on any atom is 0.335 e. The Hall–Kier alpha value is -2.35. The summed E-state index contributed by atoms with van der Waals surface area (Å²) in [4.78, 5) is 11.1. The van der Waals surface area contributed by atoms with E-state index in [-0.39, 0.29) is 10.8 Å². The second-order valence-electron chi connectivity index (χ2n) is 8.84. The topological polar surface area (TPSA) is 37.3 Å². The van der Waals surface area contributed by atoms with E-state index in [0.29, 0.717) is 5.56 Å². The van der Waals surface area contributed by atoms with E-state index in [1.54, 1.807) is 12.1 Å². The lowest BCUT2D eigenvalue weighted by atomic mass is 9.62. The molecule has 2 nitrogen and oxygen atoms in total. The van der Waals surface area contributed by atoms with Crippen LogP contribution in [0.4, 0.5) is 0 Å². The number of carboxylic acid groups (broad SMARTS) is 1. The van der Waals surface area contributed by atoms with Crippen LogP contribution in [0, 0.1) is 6.92 Å². The van der Waals surface area contributed by atoms with Gasteiger partial charge in [-0.15, -0.1) is 0 Å². The highest BCUT2D eigenvalue weighted by Gasteiger charge is 2.37. The first-order chi connectivity index (χ1) is 12.0. The minimum absolute atomic E-state index is 0.154. The number of benzene rings is 2. The van der Waals surface area contributed by atoms with Crippen molar-refractivity contribution < 1.29 is 9.90 Å². The summed E-state index contributed by atoms with van der Waals surface area (Å²) in [5, 5.41) is 9.09. The number of fused-ring (bicyclic) bond motifs is 1. The average Bonchev–Trinajstić information content (AvgIpc) is 2.58. The summed E-state index contributed by atoms with van der Waals surface area (Å²) in [7, 11) is 0. The molecule has 1 aliphatic carbocycles. The van der Waals surface area contributed by atoms with Gasteiger partial charge in [-0.3, -0.25) is 0 Å². The molecule has 0 radical (unpaired) electrons. The van der Waals surface area contributed by atoms with Gasteiger partial charge in [0.25, 0.3) is 0 Å². The third-order valence-corrected chi connectivity index (χ3v) is 6.00. The molecule has 0 saturated carbocycles. The van der Waals surface area contributed by atoms with Crippen molar-refractivity contribution in [3.8, 4) is 0 Å². The lowest BCUT2D eigenvalue weighted by Crippen LogP contribution is -2.34. The Bertz CT molecular complexity index is 883. The van der Waals surface area contributed by atoms with Gasteiger partial charge in [0.2, 0.25) is 0 Å². The van der Waals surface area contributed by atoms with Gasteiger partial charge >= 0.3 is 5.97 Å². The fourth-order valence-electron chi connectivity index (χ4n) is 4.02. The molecule has 2 aromatic carbocycles. The normalized spacial score (nSPS) is 17.4. The van der Waals surface area contributed by atoms with Crippen molar-refractivity contribution in [3.63, 3.8) is 0 Å². The Morgan fingerprint density at radius 2 is 1.38 bits per heavy atom. The van der Waals surface area contributed by atoms with Crippen molar-refractivity contribution in [1.82, 2.24) is 0 Å². The maximum atomic E-state index is 11.1. The Kier molecular flexibility index (Phi) is 4.34. The van der Waals surface area contributed by atoms with E-state index in [9.17, 15) is 4.79 Å². The molecule has 0 spiro atoms. The highest BCUT2D eigenvalue weighted by Crippen LogP contribution is 2.47. The molecule has 26 heavy (non-hydrogen) atoms. The van der Waals surface area contributed by atoms with E-state index < -0.39 is 5.97 Å². The van der Waals surface area contributed by atoms with Gasteiger partial charge in [0, 0.05) is 0 Å². The highest BCUT2D eigenvalue weighted by molar-refractivity contribution is 5.89. The minimum Gasteiger partial charge on any atom is -0.478 e. The molecule has 0 aliphatic heterocycles. The van der Waals surface area contributed by atoms with Crippen LogP contribution in [0.5, 0.6) is 0 Å². The van der Waals surface area contributed by atoms with Crippen molar-refractivity contribution >= 4 is 11.5 Å². The molecule has 136 valence electrons. The molecule has 0 atom stereocenters. The van der Waals surface area contributed by atoms with E-state index in [1.165, 1.54) is 29.5 Å². The second kappa shape index (κ2) is 6.12. The molecular weight excluding hydrogens is 319 g/mol. The summed E-state index contributed by atoms with van der Waals surface area (Å²) in [6.45, 7) is 15.8. The number of carbonyl (C=O) groups is 1. The van der Waals surface area contributed by atoms with Gasteiger partial charge in [-0.05, 0) is 76.1 Å². The van der Waals surface area contributed by atoms with Crippen LogP contribution in [0.2, 0.25) is 0 Å². The first-order valence-corrected chi connectivity index (χ1v) is 9.21. The molecule has 2 heteroatoms. The minimum atomic E-state index is -0.906. The fraction of sp³-hybridized carbons (Fsp3) is 0.375. The van der Waals surface area contributed by atoms with Gasteiger partial charge in [-0.25, -0.2) is 4.79 Å². The van der Waals surface area contributed by atoms with Crippen LogP contribution in [-0.2, 0) is 10.8 Å². The van der Waals surface area contributed by atoms with Gasteiger partial charge in [0.1, 0.15) is 0 Å². The van der Waals surface area contributed by atoms with E-state index >= 15 is 0 Å². The summed E-state index contributed by atoms with van der Waals surface area (Å²) >= 11 is 0. The van der Waals surface area contributed by atoms with Gasteiger partial charge in [0.15, 0.2) is 0 Å². The Morgan fingerprint density at radius 1 is 0.923 bits per heavy atom. The molecule has 0 saturated heterocycles. The Morgan fingerprint density at radius 3 is 1.88 bits per heavy atom. The van der Waals surface area contributed by atoms with Crippen molar-refractivity contribution in [1.29, 1.82) is 0 Å². The first-order valence-electron chi connectivity index (χ1n) is 9.21. The lowest BCUT2D eigenvalue weighted by molar-refractivity contribution is 0.0697. The zero-order valence-electron chi connectivity index (χ0n) is 16.4. The van der Waals surface area contributed by atoms with E-state index in [4.69, 9.17) is 5.11 Å². The summed E-state index contributed by atoms with van der Waals surface area (Å²) in [5.74, 6) is -0.906. The monoisotopic (exact) mass is 347 g/mol. The molecule has 1 aliphatic rings. The molecule has 0 aromatic heterocycles. The van der Waals surface area contributed by atoms with Crippen LogP contribution in [0.3, 0.4) is 0 Å². The molecule has 0 heterocycles. The van der Waals surface area contributed by atoms with Gasteiger partial charge < -0.3 is 5.11 Å². The lowest BCUT2D eigenvalue weighted by Gasteiger charge is -2.42. The number of aryl methyl sites for hydroxylation is 1. The molecule has 0 amide bonds. The second-order valence-corrected chi connectivity index (χ2v) is 8.84. The SMILES string of the molecule is C=C(c1ccc([11C](=O)O)cc1)c1cc2c(cc1C)C(C)(C)CCC2(C)C. The number of hydrogen-bond donors (Lipinski definition) is 1. The third-order valence-electron chi connectivity index (χ3n) is 6.00. The molecule has 0 unspecified atom stereocenters. The van der Waals surface area contributed by atoms with Crippen LogP contribution in [-0.4, -0.2) is 11.1 Å². The van der Waals surface area contributed by atoms with Crippen LogP contribution in [0.15, 0.2) is 43.0 Å². The molecule has 0 fully saturated rings. The zero-order chi connectivity index (χ0) is 19.3. The molecule has 2 aromatic rings. The van der Waals surface area contributed by atoms with Crippen LogP contribution < -0.4 is 0 Å². The van der Waals surface area contributed by atoms with E-state index in [2.05, 4.69) is 53.3 Å². The summed E-state index contributed by atoms with van der Waals surface area (Å²) in [6, 6.07) is 11.6. The average molecular weight is 347 g/mol. The summed E-state index contributed by atoms with van der Waals surface area (Å²) in [6.07, 6.45) is 2.37. The zero-order valence-corrected chi connectivity index (χ0v) is 16.4. The molecule has 1 N–H and O–H groups in total. The largest absolute Gasteiger partial charge is 0.478 e. The molecular formula is C24H28O2. The Labute approximate surface area is 156 Å². The van der Waals surface area contributed by atoms with Crippen LogP contribution in [0.1, 0.15) is 78.7 Å². The number of rotatable bonds is 3. The number of aromatic carboxylic acids is 1. The predicted octanol–water partition coefficient (Wildman–Crippen LogP) is 6.10. The van der Waals surface area contributed by atoms with Crippen molar-refractivity contribution in [2.45, 2.75) is 58.3 Å². The van der Waals surface area contributed by atoms with Crippen LogP contribution in [0.25, 0.3) is 5.57 Å². The van der Waals surface area contributed by atoms with Crippen molar-refractivity contribution in [2.75, 3.05) is 0 Å². The molecule has 0 bridgehead atoms. The predicted molar refractivity (Wildman–Crippen MR) is 108 cm³/mol. The summed E-state index contributed by atoms with van der Waals surface area (Å²) in [5.41, 5.74) is 7.79. The van der Waals surface area contributed by atoms with Gasteiger partial charge in [-0.2, -0.15) is 0 Å². The fourth-order valence-corrected chi connectivity index (χ4v) is 4.02. The van der Waals surface area contributed by atoms with Crippen LogP contribution >= 0.6 is 0 Å². The summed E-state index contributed by atoms with van der Waals surface area (Å²) < 4.78 is 0. The van der Waals surface area contributed by atoms with Crippen molar-refractivity contribution in [2.24, 2.45) is 0 Å². The smallest absolute Gasteiger partial charge is 0.335 e. The molecule has 3 rings (SSSR count). The Balaban J connectivity index is 2.09. The maximum absolute atomic E-state index is 11.1. The van der Waals surface area contributed by atoms with E-state index in [0.717, 1.165) is 16.7 Å². The van der Waals surface area contributed by atoms with Gasteiger partial charge in [0.05, 0.1) is 5.56 Å². The quantitative estimate of drug-likeness (QED) is 0.728. The first kappa shape index (κ1) is 18.4. The van der Waals surface area contributed by atoms with Gasteiger partial charge in [-0.1, -0.05) is 58.5 Å². The highest BCUT2D eigenvalue weighted by atomic mass is 16.3. The van der Waals surface area contributed by atoms with E-state index in [1.807, 2.05) is 12.1 Å². The third kappa shape index (κ3) is 3.09. The van der Waals surface area contributed by atoms with Crippen molar-refractivity contribution in [3.05, 3.63) is 76.4 Å². The standard InChI is InChI=1S/C24H28O2/c1-15-13-20-21(24(5,6)12-11-23(20,3)4)14-19(15)16(2)17-7-9-18(10-8-17)22(25)26/h7-10,13-14H,2,11-12H2,1,3-6H3,(H,25,26)/i22-1. The number of hydrogen-bond acceptors (Lipinski definition) is 1. The number of carboxylic acids is 1.